The van der Waals surface area contributed by atoms with E-state index < -0.39 is 15.3 Å². The van der Waals surface area contributed by atoms with Gasteiger partial charge in [0.2, 0.25) is 10.0 Å². The summed E-state index contributed by atoms with van der Waals surface area (Å²) in [4.78, 5) is 13.3. The van der Waals surface area contributed by atoms with Crippen LogP contribution >= 0.6 is 11.6 Å². The first-order valence-electron chi connectivity index (χ1n) is 4.94. The number of nitrogens with two attached hydrogens (primary N) is 1. The van der Waals surface area contributed by atoms with E-state index in [0.29, 0.717) is 10.6 Å². The molecule has 1 heterocycles. The predicted octanol–water partition coefficient (Wildman–Crippen LogP) is 0.453. The van der Waals surface area contributed by atoms with Gasteiger partial charge >= 0.3 is 0 Å². The highest BCUT2D eigenvalue weighted by Gasteiger charge is 2.38. The van der Waals surface area contributed by atoms with Gasteiger partial charge in [-0.3, -0.25) is 4.79 Å². The lowest BCUT2D eigenvalue weighted by atomic mass is 10.1. The second kappa shape index (κ2) is 4.29. The van der Waals surface area contributed by atoms with Gasteiger partial charge in [-0.15, -0.1) is 0 Å². The number of sulfonamides is 1. The van der Waals surface area contributed by atoms with Crippen LogP contribution in [0.2, 0.25) is 5.02 Å². The van der Waals surface area contributed by atoms with Gasteiger partial charge in [-0.1, -0.05) is 17.7 Å². The molecule has 1 aliphatic heterocycles. The van der Waals surface area contributed by atoms with Gasteiger partial charge in [-0.05, 0) is 18.2 Å². The third-order valence-electron chi connectivity index (χ3n) is 2.67. The molecule has 1 aliphatic rings. The van der Waals surface area contributed by atoms with E-state index in [-0.39, 0.29) is 19.0 Å². The Balaban J connectivity index is 2.05. The molecule has 2 N–H and O–H groups in total. The number of carbonyl (C=O) groups is 1. The Hall–Kier alpha value is -1.11. The molecule has 0 radical (unpaired) electrons. The van der Waals surface area contributed by atoms with Crippen molar-refractivity contribution in [3.63, 3.8) is 0 Å². The lowest BCUT2D eigenvalue weighted by molar-refractivity contribution is 0.0659. The Kier molecular flexibility index (Phi) is 3.11. The number of benzene rings is 1. The number of rotatable bonds is 2. The molecular weight excluding hydrogens is 264 g/mol. The van der Waals surface area contributed by atoms with Gasteiger partial charge in [-0.25, -0.2) is 13.6 Å². The van der Waals surface area contributed by atoms with Crippen LogP contribution in [0.1, 0.15) is 10.4 Å². The van der Waals surface area contributed by atoms with Gasteiger partial charge in [0.05, 0.1) is 0 Å². The van der Waals surface area contributed by atoms with Crippen molar-refractivity contribution in [1.82, 2.24) is 4.90 Å². The van der Waals surface area contributed by atoms with Crippen LogP contribution in [0.4, 0.5) is 0 Å². The van der Waals surface area contributed by atoms with Crippen molar-refractivity contribution in [3.05, 3.63) is 34.9 Å². The summed E-state index contributed by atoms with van der Waals surface area (Å²) in [5, 5.41) is 4.80. The summed E-state index contributed by atoms with van der Waals surface area (Å²) >= 11 is 5.77. The normalized spacial score (nSPS) is 16.7. The van der Waals surface area contributed by atoms with Gasteiger partial charge in [0.25, 0.3) is 5.91 Å². The number of carbonyl (C=O) groups excluding carboxylic acids is 1. The molecule has 7 heteroatoms. The van der Waals surface area contributed by atoms with Crippen molar-refractivity contribution in [3.8, 4) is 0 Å². The fourth-order valence-electron chi connectivity index (χ4n) is 1.62. The molecule has 5 nitrogen and oxygen atoms in total. The molecule has 17 heavy (non-hydrogen) atoms. The standard InChI is InChI=1S/C10H11ClN2O3S/c11-8-3-1-2-7(4-8)10(14)13-5-9(6-13)17(12,15)16/h1-4,9H,5-6H2,(H2,12,15,16). The highest BCUT2D eigenvalue weighted by atomic mass is 35.5. The summed E-state index contributed by atoms with van der Waals surface area (Å²) in [5.74, 6) is -0.229. The molecule has 0 spiro atoms. The van der Waals surface area contributed by atoms with E-state index in [4.69, 9.17) is 16.7 Å². The Bertz CT molecular complexity index is 552. The molecular formula is C10H11ClN2O3S. The smallest absolute Gasteiger partial charge is 0.253 e. The van der Waals surface area contributed by atoms with Gasteiger partial charge in [0, 0.05) is 23.7 Å². The first-order valence-corrected chi connectivity index (χ1v) is 6.93. The number of primary sulfonamides is 1. The summed E-state index contributed by atoms with van der Waals surface area (Å²) in [5.41, 5.74) is 0.449. The summed E-state index contributed by atoms with van der Waals surface area (Å²) in [6.07, 6.45) is 0. The third kappa shape index (κ3) is 2.59. The van der Waals surface area contributed by atoms with E-state index in [0.717, 1.165) is 0 Å². The quantitative estimate of drug-likeness (QED) is 0.850. The molecule has 0 bridgehead atoms. The average molecular weight is 275 g/mol. The van der Waals surface area contributed by atoms with Crippen molar-refractivity contribution in [1.29, 1.82) is 0 Å². The highest BCUT2D eigenvalue weighted by Crippen LogP contribution is 2.19. The molecule has 92 valence electrons. The van der Waals surface area contributed by atoms with E-state index in [2.05, 4.69) is 0 Å². The molecule has 0 aromatic heterocycles. The number of halogens is 1. The van der Waals surface area contributed by atoms with Crippen molar-refractivity contribution >= 4 is 27.5 Å². The minimum atomic E-state index is -3.54. The summed E-state index contributed by atoms with van der Waals surface area (Å²) in [6.45, 7) is 0.286. The number of likely N-dealkylation sites (tertiary alicyclic amines) is 1. The minimum Gasteiger partial charge on any atom is -0.336 e. The van der Waals surface area contributed by atoms with E-state index in [9.17, 15) is 13.2 Å². The molecule has 0 unspecified atom stereocenters. The summed E-state index contributed by atoms with van der Waals surface area (Å²) in [6, 6.07) is 6.53. The molecule has 1 fully saturated rings. The van der Waals surface area contributed by atoms with E-state index in [1.807, 2.05) is 0 Å². The molecule has 1 aromatic rings. The fourth-order valence-corrected chi connectivity index (χ4v) is 2.58. The van der Waals surface area contributed by atoms with E-state index in [1.54, 1.807) is 24.3 Å². The number of nitrogens with zero attached hydrogens (tertiary/aromatic N) is 1. The monoisotopic (exact) mass is 274 g/mol. The second-order valence-corrected chi connectivity index (χ2v) is 6.21. The maximum Gasteiger partial charge on any atom is 0.253 e. The van der Waals surface area contributed by atoms with E-state index >= 15 is 0 Å². The van der Waals surface area contributed by atoms with Crippen LogP contribution in [0, 0.1) is 0 Å². The van der Waals surface area contributed by atoms with Crippen LogP contribution in [0.15, 0.2) is 24.3 Å². The van der Waals surface area contributed by atoms with Crippen molar-refractivity contribution < 1.29 is 13.2 Å². The van der Waals surface area contributed by atoms with Crippen LogP contribution in [-0.2, 0) is 10.0 Å². The lowest BCUT2D eigenvalue weighted by Gasteiger charge is -2.37. The Labute approximate surface area is 104 Å². The Morgan fingerprint density at radius 2 is 2.06 bits per heavy atom. The molecule has 1 saturated heterocycles. The average Bonchev–Trinajstić information content (AvgIpc) is 2.12. The first-order chi connectivity index (χ1) is 7.88. The SMILES string of the molecule is NS(=O)(=O)C1CN(C(=O)c2cccc(Cl)c2)C1. The topological polar surface area (TPSA) is 80.5 Å². The fraction of sp³-hybridized carbons (Fsp3) is 0.300. The van der Waals surface area contributed by atoms with Gasteiger partial charge in [0.1, 0.15) is 5.25 Å². The van der Waals surface area contributed by atoms with E-state index in [1.165, 1.54) is 4.90 Å². The number of hydrogen-bond acceptors (Lipinski definition) is 3. The van der Waals surface area contributed by atoms with Crippen molar-refractivity contribution in [2.45, 2.75) is 5.25 Å². The van der Waals surface area contributed by atoms with Crippen LogP contribution in [-0.4, -0.2) is 37.6 Å². The summed E-state index contributed by atoms with van der Waals surface area (Å²) in [7, 11) is -3.54. The number of hydrogen-bond donors (Lipinski definition) is 1. The molecule has 1 aromatic carbocycles. The van der Waals surface area contributed by atoms with Gasteiger partial charge in [-0.2, -0.15) is 0 Å². The molecule has 0 aliphatic carbocycles. The summed E-state index contributed by atoms with van der Waals surface area (Å²) < 4.78 is 22.0. The minimum absolute atomic E-state index is 0.143. The zero-order valence-corrected chi connectivity index (χ0v) is 10.4. The van der Waals surface area contributed by atoms with Crippen LogP contribution in [0.25, 0.3) is 0 Å². The molecule has 1 amide bonds. The van der Waals surface area contributed by atoms with Crippen LogP contribution in [0.3, 0.4) is 0 Å². The predicted molar refractivity (Wildman–Crippen MR) is 64.3 cm³/mol. The highest BCUT2D eigenvalue weighted by molar-refractivity contribution is 7.89. The maximum atomic E-state index is 11.9. The lowest BCUT2D eigenvalue weighted by Crippen LogP contribution is -2.58. The second-order valence-electron chi connectivity index (χ2n) is 3.93. The molecule has 2 rings (SSSR count). The maximum absolute atomic E-state index is 11.9. The van der Waals surface area contributed by atoms with Crippen molar-refractivity contribution in [2.75, 3.05) is 13.1 Å². The van der Waals surface area contributed by atoms with Crippen LogP contribution < -0.4 is 5.14 Å². The third-order valence-corrected chi connectivity index (χ3v) is 4.13. The zero-order chi connectivity index (χ0) is 12.6. The molecule has 0 saturated carbocycles. The Morgan fingerprint density at radius 1 is 1.41 bits per heavy atom. The molecule has 0 atom stereocenters. The van der Waals surface area contributed by atoms with Crippen molar-refractivity contribution in [2.24, 2.45) is 5.14 Å². The van der Waals surface area contributed by atoms with Gasteiger partial charge in [0.15, 0.2) is 0 Å². The first kappa shape index (κ1) is 12.3. The van der Waals surface area contributed by atoms with Gasteiger partial charge < -0.3 is 4.90 Å². The van der Waals surface area contributed by atoms with Crippen LogP contribution in [0.5, 0.6) is 0 Å². The largest absolute Gasteiger partial charge is 0.336 e. The Morgan fingerprint density at radius 3 is 2.59 bits per heavy atom. The zero-order valence-electron chi connectivity index (χ0n) is 8.84. The number of amides is 1.